The highest BCUT2D eigenvalue weighted by molar-refractivity contribution is 5.92. The second-order valence-electron chi connectivity index (χ2n) is 10.6. The summed E-state index contributed by atoms with van der Waals surface area (Å²) >= 11 is 0. The van der Waals surface area contributed by atoms with Gasteiger partial charge < -0.3 is 10.1 Å². The molecular formula is C28H33NO2. The number of hydrogen-bond donors (Lipinski definition) is 1. The van der Waals surface area contributed by atoms with Crippen molar-refractivity contribution in [3.05, 3.63) is 70.8 Å². The van der Waals surface area contributed by atoms with Crippen molar-refractivity contribution >= 4 is 22.4 Å². The average molecular weight is 416 g/mol. The van der Waals surface area contributed by atoms with E-state index >= 15 is 0 Å². The van der Waals surface area contributed by atoms with Gasteiger partial charge in [-0.05, 0) is 66.6 Å². The fraction of sp³-hybridized carbons (Fsp3) is 0.393. The number of carbonyl (C=O) groups is 1. The van der Waals surface area contributed by atoms with Crippen molar-refractivity contribution in [3.8, 4) is 5.75 Å². The number of rotatable bonds is 3. The van der Waals surface area contributed by atoms with E-state index in [2.05, 4.69) is 102 Å². The van der Waals surface area contributed by atoms with Crippen molar-refractivity contribution in [2.24, 2.45) is 5.41 Å². The SMILES string of the molecule is Cc1c(NC(=O)CC(C)(C)C)cc2c(c1C)OC(C)(C)C2c1ccc2ccccc2c1. The van der Waals surface area contributed by atoms with Gasteiger partial charge in [-0.15, -0.1) is 0 Å². The van der Waals surface area contributed by atoms with Crippen LogP contribution in [0.3, 0.4) is 0 Å². The maximum Gasteiger partial charge on any atom is 0.224 e. The normalized spacial score (nSPS) is 17.3. The van der Waals surface area contributed by atoms with Crippen LogP contribution >= 0.6 is 0 Å². The van der Waals surface area contributed by atoms with Crippen LogP contribution in [0, 0.1) is 19.3 Å². The molecule has 3 heteroatoms. The van der Waals surface area contributed by atoms with Crippen LogP contribution in [0.1, 0.15) is 69.2 Å². The lowest BCUT2D eigenvalue weighted by atomic mass is 9.80. The minimum Gasteiger partial charge on any atom is -0.486 e. The molecule has 3 aromatic rings. The molecule has 1 N–H and O–H groups in total. The van der Waals surface area contributed by atoms with Gasteiger partial charge in [0.25, 0.3) is 0 Å². The maximum atomic E-state index is 12.7. The molecule has 3 nitrogen and oxygen atoms in total. The topological polar surface area (TPSA) is 38.3 Å². The van der Waals surface area contributed by atoms with Gasteiger partial charge in [-0.25, -0.2) is 0 Å². The molecule has 0 bridgehead atoms. The second-order valence-corrected chi connectivity index (χ2v) is 10.6. The number of anilines is 1. The number of carbonyl (C=O) groups excluding carboxylic acids is 1. The van der Waals surface area contributed by atoms with Gasteiger partial charge in [-0.2, -0.15) is 0 Å². The lowest BCUT2D eigenvalue weighted by Crippen LogP contribution is -2.31. The predicted octanol–water partition coefficient (Wildman–Crippen LogP) is 7.13. The third-order valence-corrected chi connectivity index (χ3v) is 6.31. The van der Waals surface area contributed by atoms with Gasteiger partial charge in [0.1, 0.15) is 11.4 Å². The van der Waals surface area contributed by atoms with Crippen molar-refractivity contribution in [2.45, 2.75) is 66.4 Å². The molecule has 4 rings (SSSR count). The molecule has 1 aliphatic heterocycles. The second kappa shape index (κ2) is 7.40. The highest BCUT2D eigenvalue weighted by Gasteiger charge is 2.43. The molecular weight excluding hydrogens is 382 g/mol. The van der Waals surface area contributed by atoms with E-state index in [9.17, 15) is 4.79 Å². The maximum absolute atomic E-state index is 12.7. The van der Waals surface area contributed by atoms with Crippen LogP contribution in [0.4, 0.5) is 5.69 Å². The molecule has 1 amide bonds. The lowest BCUT2D eigenvalue weighted by Gasteiger charge is -2.27. The van der Waals surface area contributed by atoms with E-state index in [1.165, 1.54) is 16.3 Å². The zero-order chi connectivity index (χ0) is 22.6. The van der Waals surface area contributed by atoms with Crippen molar-refractivity contribution in [3.63, 3.8) is 0 Å². The van der Waals surface area contributed by atoms with Crippen molar-refractivity contribution in [1.29, 1.82) is 0 Å². The van der Waals surface area contributed by atoms with E-state index in [1.54, 1.807) is 0 Å². The summed E-state index contributed by atoms with van der Waals surface area (Å²) in [5, 5.41) is 5.63. The van der Waals surface area contributed by atoms with E-state index in [1.807, 2.05) is 0 Å². The first-order chi connectivity index (χ1) is 14.5. The molecule has 0 aromatic heterocycles. The Labute approximate surface area is 185 Å². The van der Waals surface area contributed by atoms with Crippen molar-refractivity contribution in [2.75, 3.05) is 5.32 Å². The first-order valence-corrected chi connectivity index (χ1v) is 11.1. The average Bonchev–Trinajstić information content (AvgIpc) is 2.94. The largest absolute Gasteiger partial charge is 0.486 e. The summed E-state index contributed by atoms with van der Waals surface area (Å²) < 4.78 is 6.51. The summed E-state index contributed by atoms with van der Waals surface area (Å²) in [6.45, 7) is 14.7. The van der Waals surface area contributed by atoms with E-state index in [0.29, 0.717) is 6.42 Å². The minimum absolute atomic E-state index is 0.0513. The smallest absolute Gasteiger partial charge is 0.224 e. The summed E-state index contributed by atoms with van der Waals surface area (Å²) in [5.74, 6) is 1.09. The quantitative estimate of drug-likeness (QED) is 0.494. The summed E-state index contributed by atoms with van der Waals surface area (Å²) in [5.41, 5.74) is 5.00. The lowest BCUT2D eigenvalue weighted by molar-refractivity contribution is -0.117. The minimum atomic E-state index is -0.379. The number of benzene rings is 3. The number of nitrogens with one attached hydrogen (secondary N) is 1. The predicted molar refractivity (Wildman–Crippen MR) is 129 cm³/mol. The van der Waals surface area contributed by atoms with Gasteiger partial charge in [0.05, 0.1) is 5.92 Å². The molecule has 0 spiro atoms. The Bertz CT molecular complexity index is 1170. The Morgan fingerprint density at radius 2 is 1.68 bits per heavy atom. The van der Waals surface area contributed by atoms with Crippen molar-refractivity contribution in [1.82, 2.24) is 0 Å². The van der Waals surface area contributed by atoms with Gasteiger partial charge in [0.15, 0.2) is 0 Å². The summed E-state index contributed by atoms with van der Waals surface area (Å²) in [6.07, 6.45) is 0.485. The van der Waals surface area contributed by atoms with Crippen LogP contribution < -0.4 is 10.1 Å². The van der Waals surface area contributed by atoms with E-state index < -0.39 is 0 Å². The van der Waals surface area contributed by atoms with Gasteiger partial charge in [-0.1, -0.05) is 63.2 Å². The molecule has 1 unspecified atom stereocenters. The van der Waals surface area contributed by atoms with Gasteiger partial charge in [0.2, 0.25) is 5.91 Å². The standard InChI is InChI=1S/C28H33NO2/c1-17-18(2)26-22(15-23(17)29-24(30)16-27(3,4)5)25(28(6,7)31-26)21-13-12-19-10-8-9-11-20(19)14-21/h8-15,25H,16H2,1-7H3,(H,29,30). The molecule has 0 radical (unpaired) electrons. The summed E-state index contributed by atoms with van der Waals surface area (Å²) in [4.78, 5) is 12.7. The number of ether oxygens (including phenoxy) is 1. The van der Waals surface area contributed by atoms with Crippen LogP contribution in [-0.2, 0) is 4.79 Å². The third kappa shape index (κ3) is 4.06. The van der Waals surface area contributed by atoms with Crippen LogP contribution in [0.25, 0.3) is 10.8 Å². The molecule has 3 aromatic carbocycles. The number of amides is 1. The first-order valence-electron chi connectivity index (χ1n) is 11.1. The number of hydrogen-bond acceptors (Lipinski definition) is 2. The highest BCUT2D eigenvalue weighted by Crippen LogP contribution is 2.51. The van der Waals surface area contributed by atoms with E-state index in [-0.39, 0.29) is 22.8 Å². The molecule has 31 heavy (non-hydrogen) atoms. The zero-order valence-electron chi connectivity index (χ0n) is 19.7. The van der Waals surface area contributed by atoms with Gasteiger partial charge in [-0.3, -0.25) is 4.79 Å². The molecule has 0 saturated carbocycles. The summed E-state index contributed by atoms with van der Waals surface area (Å²) in [6, 6.07) is 17.2. The Morgan fingerprint density at radius 1 is 1.00 bits per heavy atom. The van der Waals surface area contributed by atoms with E-state index in [0.717, 1.165) is 28.1 Å². The molecule has 1 heterocycles. The monoisotopic (exact) mass is 415 g/mol. The van der Waals surface area contributed by atoms with Crippen LogP contribution in [-0.4, -0.2) is 11.5 Å². The third-order valence-electron chi connectivity index (χ3n) is 6.31. The highest BCUT2D eigenvalue weighted by atomic mass is 16.5. The Hall–Kier alpha value is -2.81. The van der Waals surface area contributed by atoms with Crippen LogP contribution in [0.15, 0.2) is 48.5 Å². The molecule has 0 saturated heterocycles. The Balaban J connectivity index is 1.79. The van der Waals surface area contributed by atoms with Gasteiger partial charge in [0, 0.05) is 17.7 Å². The zero-order valence-corrected chi connectivity index (χ0v) is 19.7. The van der Waals surface area contributed by atoms with Crippen molar-refractivity contribution < 1.29 is 9.53 Å². The Kier molecular flexibility index (Phi) is 5.12. The molecule has 0 aliphatic carbocycles. The molecule has 1 aliphatic rings. The first kappa shape index (κ1) is 21.4. The number of fused-ring (bicyclic) bond motifs is 2. The fourth-order valence-electron chi connectivity index (χ4n) is 4.74. The Morgan fingerprint density at radius 3 is 2.35 bits per heavy atom. The molecule has 0 fully saturated rings. The fourth-order valence-corrected chi connectivity index (χ4v) is 4.74. The molecule has 162 valence electrons. The van der Waals surface area contributed by atoms with Crippen LogP contribution in [0.5, 0.6) is 5.75 Å². The van der Waals surface area contributed by atoms with Crippen LogP contribution in [0.2, 0.25) is 0 Å². The summed E-state index contributed by atoms with van der Waals surface area (Å²) in [7, 11) is 0. The van der Waals surface area contributed by atoms with E-state index in [4.69, 9.17) is 4.74 Å². The molecule has 1 atom stereocenters. The van der Waals surface area contributed by atoms with Gasteiger partial charge >= 0.3 is 0 Å².